The molecule has 0 aliphatic rings. The van der Waals surface area contributed by atoms with Crippen LogP contribution in [0.4, 0.5) is 0 Å². The fraction of sp³-hybridized carbons (Fsp3) is 0.600. The van der Waals surface area contributed by atoms with E-state index in [4.69, 9.17) is 5.73 Å². The third kappa shape index (κ3) is 4.88. The van der Waals surface area contributed by atoms with Crippen LogP contribution in [0.25, 0.3) is 0 Å². The first-order chi connectivity index (χ1) is 8.17. The van der Waals surface area contributed by atoms with Crippen molar-refractivity contribution in [3.8, 4) is 0 Å². The summed E-state index contributed by atoms with van der Waals surface area (Å²) in [5.41, 5.74) is 8.43. The number of benzene rings is 1. The second-order valence-corrected chi connectivity index (χ2v) is 4.96. The molecule has 0 spiro atoms. The molecule has 2 nitrogen and oxygen atoms in total. The molecule has 1 aromatic rings. The summed E-state index contributed by atoms with van der Waals surface area (Å²) in [5.74, 6) is 0.611. The lowest BCUT2D eigenvalue weighted by molar-refractivity contribution is 0.273. The molecule has 1 rings (SSSR count). The van der Waals surface area contributed by atoms with E-state index in [-0.39, 0.29) is 0 Å². The summed E-state index contributed by atoms with van der Waals surface area (Å²) in [7, 11) is 0. The van der Waals surface area contributed by atoms with Gasteiger partial charge in [0.1, 0.15) is 0 Å². The summed E-state index contributed by atoms with van der Waals surface area (Å²) in [5, 5.41) is 0. The van der Waals surface area contributed by atoms with Crippen LogP contribution in [0.2, 0.25) is 0 Å². The summed E-state index contributed by atoms with van der Waals surface area (Å²) in [6.07, 6.45) is 1.18. The van der Waals surface area contributed by atoms with E-state index >= 15 is 0 Å². The molecule has 0 bridgehead atoms. The van der Waals surface area contributed by atoms with Crippen LogP contribution in [0.3, 0.4) is 0 Å². The largest absolute Gasteiger partial charge is 0.329 e. The third-order valence-corrected chi connectivity index (χ3v) is 3.04. The smallest absolute Gasteiger partial charge is 0.0234 e. The van der Waals surface area contributed by atoms with E-state index in [0.29, 0.717) is 5.92 Å². The number of hydrogen-bond acceptors (Lipinski definition) is 2. The van der Waals surface area contributed by atoms with Crippen molar-refractivity contribution in [2.45, 2.75) is 39.7 Å². The predicted molar refractivity (Wildman–Crippen MR) is 75.2 cm³/mol. The van der Waals surface area contributed by atoms with Gasteiger partial charge < -0.3 is 5.73 Å². The fourth-order valence-corrected chi connectivity index (χ4v) is 2.03. The Balaban J connectivity index is 2.59. The Labute approximate surface area is 106 Å². The molecule has 0 aliphatic carbocycles. The van der Waals surface area contributed by atoms with Crippen molar-refractivity contribution in [3.63, 3.8) is 0 Å². The monoisotopic (exact) mass is 234 g/mol. The van der Waals surface area contributed by atoms with Gasteiger partial charge in [-0.3, -0.25) is 4.90 Å². The van der Waals surface area contributed by atoms with Gasteiger partial charge in [-0.05, 0) is 30.0 Å². The van der Waals surface area contributed by atoms with Crippen molar-refractivity contribution < 1.29 is 0 Å². The lowest BCUT2D eigenvalue weighted by Crippen LogP contribution is -2.29. The highest BCUT2D eigenvalue weighted by molar-refractivity contribution is 5.24. The van der Waals surface area contributed by atoms with Gasteiger partial charge in [-0.15, -0.1) is 0 Å². The highest BCUT2D eigenvalue weighted by Crippen LogP contribution is 2.15. The molecule has 0 atom stereocenters. The topological polar surface area (TPSA) is 29.3 Å². The van der Waals surface area contributed by atoms with Crippen LogP contribution in [0.15, 0.2) is 24.3 Å². The molecule has 96 valence electrons. The number of nitrogens with two attached hydrogens (primary N) is 1. The van der Waals surface area contributed by atoms with Gasteiger partial charge in [0.15, 0.2) is 0 Å². The second kappa shape index (κ2) is 7.46. The molecule has 0 aromatic heterocycles. The summed E-state index contributed by atoms with van der Waals surface area (Å²) in [6.45, 7) is 10.5. The minimum absolute atomic E-state index is 0.611. The maximum absolute atomic E-state index is 5.64. The molecule has 17 heavy (non-hydrogen) atoms. The molecule has 2 heteroatoms. The minimum Gasteiger partial charge on any atom is -0.329 e. The Morgan fingerprint density at radius 2 is 1.76 bits per heavy atom. The number of hydrogen-bond donors (Lipinski definition) is 1. The lowest BCUT2D eigenvalue weighted by Gasteiger charge is -2.21. The second-order valence-electron chi connectivity index (χ2n) is 4.96. The maximum atomic E-state index is 5.64. The van der Waals surface area contributed by atoms with Crippen molar-refractivity contribution in [2.75, 3.05) is 19.6 Å². The average Bonchev–Trinajstić information content (AvgIpc) is 2.30. The third-order valence-electron chi connectivity index (χ3n) is 3.04. The first-order valence-corrected chi connectivity index (χ1v) is 6.68. The van der Waals surface area contributed by atoms with E-state index in [0.717, 1.165) is 26.2 Å². The lowest BCUT2D eigenvalue weighted by atomic mass is 10.0. The van der Waals surface area contributed by atoms with Crippen molar-refractivity contribution in [3.05, 3.63) is 35.4 Å². The maximum Gasteiger partial charge on any atom is 0.0234 e. The SMILES string of the molecule is CCCN(CCN)Cc1ccc(C(C)C)cc1. The standard InChI is InChI=1S/C15H26N2/c1-4-10-17(11-9-16)12-14-5-7-15(8-6-14)13(2)3/h5-8,13H,4,9-12,16H2,1-3H3. The van der Waals surface area contributed by atoms with Gasteiger partial charge in [-0.2, -0.15) is 0 Å². The van der Waals surface area contributed by atoms with Crippen molar-refractivity contribution in [1.82, 2.24) is 4.90 Å². The zero-order valence-electron chi connectivity index (χ0n) is 11.4. The Morgan fingerprint density at radius 1 is 1.12 bits per heavy atom. The summed E-state index contributed by atoms with van der Waals surface area (Å²) >= 11 is 0. The Bertz CT molecular complexity index is 297. The fourth-order valence-electron chi connectivity index (χ4n) is 2.03. The molecule has 2 N–H and O–H groups in total. The molecular formula is C15H26N2. The van der Waals surface area contributed by atoms with Gasteiger partial charge in [-0.1, -0.05) is 45.0 Å². The zero-order valence-corrected chi connectivity index (χ0v) is 11.4. The minimum atomic E-state index is 0.611. The van der Waals surface area contributed by atoms with Crippen LogP contribution < -0.4 is 5.73 Å². The van der Waals surface area contributed by atoms with E-state index in [1.807, 2.05) is 0 Å². The van der Waals surface area contributed by atoms with Gasteiger partial charge in [0.2, 0.25) is 0 Å². The summed E-state index contributed by atoms with van der Waals surface area (Å²) in [4.78, 5) is 2.42. The van der Waals surface area contributed by atoms with Crippen LogP contribution >= 0.6 is 0 Å². The van der Waals surface area contributed by atoms with Crippen LogP contribution in [0, 0.1) is 0 Å². The highest BCUT2D eigenvalue weighted by atomic mass is 15.1. The first kappa shape index (κ1) is 14.2. The van der Waals surface area contributed by atoms with Gasteiger partial charge in [-0.25, -0.2) is 0 Å². The molecule has 0 heterocycles. The van der Waals surface area contributed by atoms with E-state index in [1.54, 1.807) is 0 Å². The molecule has 0 aliphatic heterocycles. The van der Waals surface area contributed by atoms with E-state index in [1.165, 1.54) is 17.5 Å². The molecule has 0 saturated heterocycles. The van der Waals surface area contributed by atoms with Crippen molar-refractivity contribution in [1.29, 1.82) is 0 Å². The van der Waals surface area contributed by atoms with E-state index in [9.17, 15) is 0 Å². The summed E-state index contributed by atoms with van der Waals surface area (Å²) in [6, 6.07) is 8.97. The Morgan fingerprint density at radius 3 is 2.24 bits per heavy atom. The quantitative estimate of drug-likeness (QED) is 0.786. The van der Waals surface area contributed by atoms with Gasteiger partial charge >= 0.3 is 0 Å². The zero-order chi connectivity index (χ0) is 12.7. The molecule has 0 amide bonds. The van der Waals surface area contributed by atoms with Crippen molar-refractivity contribution >= 4 is 0 Å². The average molecular weight is 234 g/mol. The predicted octanol–water partition coefficient (Wildman–Crippen LogP) is 2.98. The summed E-state index contributed by atoms with van der Waals surface area (Å²) < 4.78 is 0. The van der Waals surface area contributed by atoms with Gasteiger partial charge in [0.05, 0.1) is 0 Å². The van der Waals surface area contributed by atoms with E-state index < -0.39 is 0 Å². The van der Waals surface area contributed by atoms with Crippen LogP contribution in [-0.4, -0.2) is 24.5 Å². The van der Waals surface area contributed by atoms with Crippen LogP contribution in [0.5, 0.6) is 0 Å². The Kier molecular flexibility index (Phi) is 6.23. The molecule has 0 saturated carbocycles. The number of nitrogens with zero attached hydrogens (tertiary/aromatic N) is 1. The highest BCUT2D eigenvalue weighted by Gasteiger charge is 2.04. The number of rotatable bonds is 7. The molecule has 0 fully saturated rings. The Hall–Kier alpha value is -0.860. The molecule has 1 aromatic carbocycles. The van der Waals surface area contributed by atoms with Crippen LogP contribution in [0.1, 0.15) is 44.2 Å². The molecule has 0 radical (unpaired) electrons. The van der Waals surface area contributed by atoms with Gasteiger partial charge in [0, 0.05) is 19.6 Å². The molecular weight excluding hydrogens is 208 g/mol. The molecule has 0 unspecified atom stereocenters. The van der Waals surface area contributed by atoms with Crippen molar-refractivity contribution in [2.24, 2.45) is 5.73 Å². The van der Waals surface area contributed by atoms with Crippen LogP contribution in [-0.2, 0) is 6.54 Å². The van der Waals surface area contributed by atoms with Gasteiger partial charge in [0.25, 0.3) is 0 Å². The van der Waals surface area contributed by atoms with E-state index in [2.05, 4.69) is 49.9 Å². The normalized spacial score (nSPS) is 11.4. The first-order valence-electron chi connectivity index (χ1n) is 6.68.